The van der Waals surface area contributed by atoms with Crippen LogP contribution in [0.1, 0.15) is 10.4 Å². The SMILES string of the molecule is COc1cc(NC(=O)c2ccnc(F)c2)c(Br)cc1Br. The van der Waals surface area contributed by atoms with Gasteiger partial charge in [-0.3, -0.25) is 4.79 Å². The molecule has 2 aromatic rings. The van der Waals surface area contributed by atoms with Crippen LogP contribution in [0.2, 0.25) is 0 Å². The van der Waals surface area contributed by atoms with E-state index >= 15 is 0 Å². The molecular formula is C13H9Br2FN2O2. The van der Waals surface area contributed by atoms with E-state index < -0.39 is 11.9 Å². The molecule has 1 amide bonds. The normalized spacial score (nSPS) is 10.2. The summed E-state index contributed by atoms with van der Waals surface area (Å²) < 4.78 is 19.6. The number of halogens is 3. The highest BCUT2D eigenvalue weighted by Crippen LogP contribution is 2.34. The zero-order valence-corrected chi connectivity index (χ0v) is 13.5. The van der Waals surface area contributed by atoms with E-state index in [1.807, 2.05) is 0 Å². The molecule has 1 aromatic heterocycles. The fourth-order valence-electron chi connectivity index (χ4n) is 1.52. The van der Waals surface area contributed by atoms with E-state index in [0.717, 1.165) is 10.5 Å². The van der Waals surface area contributed by atoms with Crippen molar-refractivity contribution in [1.29, 1.82) is 0 Å². The lowest BCUT2D eigenvalue weighted by atomic mass is 10.2. The van der Waals surface area contributed by atoms with Gasteiger partial charge in [0, 0.05) is 28.4 Å². The Kier molecular flexibility index (Phi) is 4.72. The fourth-order valence-corrected chi connectivity index (χ4v) is 2.77. The highest BCUT2D eigenvalue weighted by atomic mass is 79.9. The zero-order valence-electron chi connectivity index (χ0n) is 10.3. The maximum atomic E-state index is 13.0. The number of pyridine rings is 1. The molecule has 0 saturated carbocycles. The van der Waals surface area contributed by atoms with Gasteiger partial charge in [0.05, 0.1) is 17.3 Å². The molecule has 0 aliphatic heterocycles. The Hall–Kier alpha value is -1.47. The van der Waals surface area contributed by atoms with Crippen LogP contribution in [-0.2, 0) is 0 Å². The summed E-state index contributed by atoms with van der Waals surface area (Å²) in [5.41, 5.74) is 0.707. The average Bonchev–Trinajstić information content (AvgIpc) is 2.41. The first-order valence-electron chi connectivity index (χ1n) is 5.47. The second-order valence-corrected chi connectivity index (χ2v) is 5.50. The Morgan fingerprint density at radius 3 is 2.70 bits per heavy atom. The molecule has 20 heavy (non-hydrogen) atoms. The van der Waals surface area contributed by atoms with E-state index in [2.05, 4.69) is 42.2 Å². The standard InChI is InChI=1S/C13H9Br2FN2O2/c1-20-11-6-10(8(14)5-9(11)15)18-13(19)7-2-3-17-12(16)4-7/h2-6H,1H3,(H,18,19). The Balaban J connectivity index is 2.28. The molecule has 7 heteroatoms. The van der Waals surface area contributed by atoms with Crippen molar-refractivity contribution in [3.63, 3.8) is 0 Å². The van der Waals surface area contributed by atoms with Gasteiger partial charge in [-0.2, -0.15) is 4.39 Å². The van der Waals surface area contributed by atoms with E-state index in [4.69, 9.17) is 4.74 Å². The van der Waals surface area contributed by atoms with Crippen LogP contribution in [0, 0.1) is 5.95 Å². The molecule has 0 spiro atoms. The van der Waals surface area contributed by atoms with Crippen LogP contribution in [-0.4, -0.2) is 18.0 Å². The molecule has 1 N–H and O–H groups in total. The Morgan fingerprint density at radius 1 is 1.30 bits per heavy atom. The van der Waals surface area contributed by atoms with E-state index in [9.17, 15) is 9.18 Å². The van der Waals surface area contributed by atoms with Crippen molar-refractivity contribution in [3.8, 4) is 5.75 Å². The molecule has 104 valence electrons. The Labute approximate surface area is 131 Å². The van der Waals surface area contributed by atoms with Crippen molar-refractivity contribution >= 4 is 43.5 Å². The summed E-state index contributed by atoms with van der Waals surface area (Å²) in [6.07, 6.45) is 1.24. The molecular weight excluding hydrogens is 395 g/mol. The molecule has 4 nitrogen and oxygen atoms in total. The van der Waals surface area contributed by atoms with E-state index in [1.165, 1.54) is 19.4 Å². The van der Waals surface area contributed by atoms with Crippen molar-refractivity contribution in [2.75, 3.05) is 12.4 Å². The van der Waals surface area contributed by atoms with Crippen molar-refractivity contribution in [2.45, 2.75) is 0 Å². The zero-order chi connectivity index (χ0) is 14.7. The summed E-state index contributed by atoms with van der Waals surface area (Å²) in [7, 11) is 1.53. The number of nitrogens with zero attached hydrogens (tertiary/aromatic N) is 1. The number of methoxy groups -OCH3 is 1. The number of carbonyl (C=O) groups is 1. The van der Waals surface area contributed by atoms with Crippen molar-refractivity contribution in [1.82, 2.24) is 4.98 Å². The summed E-state index contributed by atoms with van der Waals surface area (Å²) in [5, 5.41) is 2.67. The predicted octanol–water partition coefficient (Wildman–Crippen LogP) is 4.01. The van der Waals surface area contributed by atoms with Gasteiger partial charge in [-0.15, -0.1) is 0 Å². The number of hydrogen-bond donors (Lipinski definition) is 1. The lowest BCUT2D eigenvalue weighted by Crippen LogP contribution is -2.13. The minimum absolute atomic E-state index is 0.186. The van der Waals surface area contributed by atoms with Gasteiger partial charge in [0.1, 0.15) is 5.75 Å². The van der Waals surface area contributed by atoms with Crippen LogP contribution in [0.15, 0.2) is 39.4 Å². The first-order chi connectivity index (χ1) is 9.51. The summed E-state index contributed by atoms with van der Waals surface area (Å²) in [5.74, 6) is -0.564. The highest BCUT2D eigenvalue weighted by Gasteiger charge is 2.12. The number of anilines is 1. The molecule has 0 aliphatic rings. The van der Waals surface area contributed by atoms with Gasteiger partial charge >= 0.3 is 0 Å². The number of ether oxygens (including phenoxy) is 1. The molecule has 0 aliphatic carbocycles. The molecule has 0 unspecified atom stereocenters. The topological polar surface area (TPSA) is 51.2 Å². The average molecular weight is 404 g/mol. The third-order valence-corrected chi connectivity index (χ3v) is 3.75. The fraction of sp³-hybridized carbons (Fsp3) is 0.0769. The summed E-state index contributed by atoms with van der Waals surface area (Å²) in [6, 6.07) is 5.91. The Morgan fingerprint density at radius 2 is 2.05 bits per heavy atom. The number of aromatic nitrogens is 1. The molecule has 0 saturated heterocycles. The van der Waals surface area contributed by atoms with Gasteiger partial charge in [-0.25, -0.2) is 4.98 Å². The molecule has 2 rings (SSSR count). The lowest BCUT2D eigenvalue weighted by Gasteiger charge is -2.11. The van der Waals surface area contributed by atoms with Crippen LogP contribution < -0.4 is 10.1 Å². The van der Waals surface area contributed by atoms with E-state index in [1.54, 1.807) is 12.1 Å². The third-order valence-electron chi connectivity index (χ3n) is 2.48. The molecule has 0 radical (unpaired) electrons. The number of rotatable bonds is 3. The van der Waals surface area contributed by atoms with Crippen molar-refractivity contribution < 1.29 is 13.9 Å². The van der Waals surface area contributed by atoms with Crippen LogP contribution in [0.4, 0.5) is 10.1 Å². The minimum Gasteiger partial charge on any atom is -0.495 e. The molecule has 0 atom stereocenters. The monoisotopic (exact) mass is 402 g/mol. The number of amides is 1. The van der Waals surface area contributed by atoms with Gasteiger partial charge in [-0.05, 0) is 44.0 Å². The van der Waals surface area contributed by atoms with Crippen LogP contribution >= 0.6 is 31.9 Å². The molecule has 0 bridgehead atoms. The minimum atomic E-state index is -0.704. The number of benzene rings is 1. The second kappa shape index (κ2) is 6.32. The van der Waals surface area contributed by atoms with Gasteiger partial charge < -0.3 is 10.1 Å². The van der Waals surface area contributed by atoms with Gasteiger partial charge in [0.2, 0.25) is 5.95 Å². The van der Waals surface area contributed by atoms with Crippen molar-refractivity contribution in [2.24, 2.45) is 0 Å². The number of carbonyl (C=O) groups excluding carboxylic acids is 1. The number of nitrogens with one attached hydrogen (secondary N) is 1. The smallest absolute Gasteiger partial charge is 0.255 e. The third kappa shape index (κ3) is 3.34. The molecule has 0 fully saturated rings. The Bertz CT molecular complexity index is 665. The first-order valence-corrected chi connectivity index (χ1v) is 7.06. The molecule has 1 heterocycles. The van der Waals surface area contributed by atoms with Crippen LogP contribution in [0.3, 0.4) is 0 Å². The first kappa shape index (κ1) is 14.9. The number of hydrogen-bond acceptors (Lipinski definition) is 3. The van der Waals surface area contributed by atoms with Gasteiger partial charge in [0.25, 0.3) is 5.91 Å². The lowest BCUT2D eigenvalue weighted by molar-refractivity contribution is 0.102. The second-order valence-electron chi connectivity index (χ2n) is 3.79. The van der Waals surface area contributed by atoms with Gasteiger partial charge in [-0.1, -0.05) is 0 Å². The van der Waals surface area contributed by atoms with Crippen molar-refractivity contribution in [3.05, 3.63) is 50.9 Å². The summed E-state index contributed by atoms with van der Waals surface area (Å²) in [6.45, 7) is 0. The maximum absolute atomic E-state index is 13.0. The largest absolute Gasteiger partial charge is 0.495 e. The van der Waals surface area contributed by atoms with E-state index in [-0.39, 0.29) is 5.56 Å². The molecule has 1 aromatic carbocycles. The van der Waals surface area contributed by atoms with Crippen LogP contribution in [0.25, 0.3) is 0 Å². The summed E-state index contributed by atoms with van der Waals surface area (Å²) >= 11 is 6.68. The maximum Gasteiger partial charge on any atom is 0.255 e. The summed E-state index contributed by atoms with van der Waals surface area (Å²) in [4.78, 5) is 15.4. The highest BCUT2D eigenvalue weighted by molar-refractivity contribution is 9.11. The predicted molar refractivity (Wildman–Crippen MR) is 80.5 cm³/mol. The van der Waals surface area contributed by atoms with Crippen LogP contribution in [0.5, 0.6) is 5.75 Å². The van der Waals surface area contributed by atoms with Gasteiger partial charge in [0.15, 0.2) is 0 Å². The quantitative estimate of drug-likeness (QED) is 0.788. The van der Waals surface area contributed by atoms with E-state index in [0.29, 0.717) is 15.9 Å².